The Bertz CT molecular complexity index is 285. The first-order valence-corrected chi connectivity index (χ1v) is 5.94. The third-order valence-corrected chi connectivity index (χ3v) is 3.34. The van der Waals surface area contributed by atoms with Gasteiger partial charge in [-0.3, -0.25) is 4.79 Å². The van der Waals surface area contributed by atoms with Crippen molar-refractivity contribution in [2.24, 2.45) is 5.92 Å². The van der Waals surface area contributed by atoms with Gasteiger partial charge in [0.25, 0.3) is 0 Å². The Morgan fingerprint density at radius 3 is 2.38 bits per heavy atom. The van der Waals surface area contributed by atoms with Gasteiger partial charge in [0.05, 0.1) is 6.42 Å². The molecule has 1 atom stereocenters. The van der Waals surface area contributed by atoms with Crippen molar-refractivity contribution < 1.29 is 14.7 Å². The van der Waals surface area contributed by atoms with E-state index in [0.717, 1.165) is 25.7 Å². The Hall–Kier alpha value is -1.26. The average molecular weight is 226 g/mol. The molecule has 5 heteroatoms. The number of carbonyl (C=O) groups excluding carboxylic acids is 1. The third-order valence-electron chi connectivity index (χ3n) is 3.34. The van der Waals surface area contributed by atoms with Gasteiger partial charge >= 0.3 is 12.0 Å². The summed E-state index contributed by atoms with van der Waals surface area (Å²) in [5, 5.41) is 14.4. The number of urea groups is 1. The van der Waals surface area contributed by atoms with Crippen LogP contribution in [-0.4, -0.2) is 29.2 Å². The average Bonchev–Trinajstić information content (AvgIpc) is 2.92. The molecule has 0 heterocycles. The fourth-order valence-electron chi connectivity index (χ4n) is 1.97. The van der Waals surface area contributed by atoms with Crippen LogP contribution in [0.1, 0.15) is 38.5 Å². The van der Waals surface area contributed by atoms with Crippen LogP contribution in [-0.2, 0) is 4.79 Å². The first kappa shape index (κ1) is 11.2. The second kappa shape index (κ2) is 4.72. The molecule has 0 spiro atoms. The van der Waals surface area contributed by atoms with Crippen molar-refractivity contribution in [3.63, 3.8) is 0 Å². The molecule has 5 nitrogen and oxygen atoms in total. The molecule has 1 unspecified atom stereocenters. The lowest BCUT2D eigenvalue weighted by atomic mass is 9.93. The number of carboxylic acids is 1. The van der Waals surface area contributed by atoms with Gasteiger partial charge in [-0.2, -0.15) is 0 Å². The van der Waals surface area contributed by atoms with Crippen LogP contribution in [0.3, 0.4) is 0 Å². The monoisotopic (exact) mass is 226 g/mol. The highest BCUT2D eigenvalue weighted by atomic mass is 16.4. The maximum atomic E-state index is 11.6. The number of amides is 2. The van der Waals surface area contributed by atoms with Gasteiger partial charge in [0.1, 0.15) is 0 Å². The maximum absolute atomic E-state index is 11.6. The van der Waals surface area contributed by atoms with E-state index in [1.54, 1.807) is 0 Å². The van der Waals surface area contributed by atoms with Crippen molar-refractivity contribution in [1.29, 1.82) is 0 Å². The number of hydrogen-bond donors (Lipinski definition) is 3. The molecular formula is C11H18N2O3. The van der Waals surface area contributed by atoms with Crippen molar-refractivity contribution in [2.75, 3.05) is 0 Å². The topological polar surface area (TPSA) is 78.4 Å². The summed E-state index contributed by atoms with van der Waals surface area (Å²) in [6.45, 7) is 0. The normalized spacial score (nSPS) is 22.0. The van der Waals surface area contributed by atoms with E-state index < -0.39 is 5.97 Å². The summed E-state index contributed by atoms with van der Waals surface area (Å²) < 4.78 is 0. The van der Waals surface area contributed by atoms with Gasteiger partial charge in [0, 0.05) is 12.1 Å². The number of rotatable bonds is 5. The molecule has 0 aromatic carbocycles. The largest absolute Gasteiger partial charge is 0.481 e. The summed E-state index contributed by atoms with van der Waals surface area (Å²) in [5.74, 6) is -0.482. The molecular weight excluding hydrogens is 208 g/mol. The number of carboxylic acid groups (broad SMARTS) is 1. The van der Waals surface area contributed by atoms with Gasteiger partial charge in [-0.15, -0.1) is 0 Å². The number of aliphatic carboxylic acids is 1. The van der Waals surface area contributed by atoms with Gasteiger partial charge in [-0.25, -0.2) is 4.79 Å². The molecule has 0 aromatic heterocycles. The minimum absolute atomic E-state index is 0.0305. The standard InChI is InChI=1S/C11H18N2O3/c14-10(15)6-9(7-4-5-7)13-11(16)12-8-2-1-3-8/h7-9H,1-6H2,(H,14,15)(H2,12,13,16). The smallest absolute Gasteiger partial charge is 0.315 e. The first-order valence-electron chi connectivity index (χ1n) is 5.94. The Morgan fingerprint density at radius 1 is 1.25 bits per heavy atom. The van der Waals surface area contributed by atoms with E-state index in [9.17, 15) is 9.59 Å². The van der Waals surface area contributed by atoms with Crippen LogP contribution >= 0.6 is 0 Å². The zero-order valence-electron chi connectivity index (χ0n) is 9.24. The lowest BCUT2D eigenvalue weighted by molar-refractivity contribution is -0.137. The number of carbonyl (C=O) groups is 2. The molecule has 16 heavy (non-hydrogen) atoms. The molecule has 2 fully saturated rings. The first-order chi connectivity index (χ1) is 7.65. The van der Waals surface area contributed by atoms with Crippen molar-refractivity contribution in [3.8, 4) is 0 Å². The van der Waals surface area contributed by atoms with Crippen molar-refractivity contribution in [1.82, 2.24) is 10.6 Å². The summed E-state index contributed by atoms with van der Waals surface area (Å²) >= 11 is 0. The highest BCUT2D eigenvalue weighted by molar-refractivity contribution is 5.76. The highest BCUT2D eigenvalue weighted by Crippen LogP contribution is 2.34. The van der Waals surface area contributed by atoms with Crippen LogP contribution in [0.25, 0.3) is 0 Å². The second-order valence-corrected chi connectivity index (χ2v) is 4.79. The van der Waals surface area contributed by atoms with Gasteiger partial charge in [0.15, 0.2) is 0 Å². The van der Waals surface area contributed by atoms with Crippen LogP contribution < -0.4 is 10.6 Å². The zero-order chi connectivity index (χ0) is 11.5. The summed E-state index contributed by atoms with van der Waals surface area (Å²) in [6.07, 6.45) is 5.35. The van der Waals surface area contributed by atoms with Crippen LogP contribution in [0.15, 0.2) is 0 Å². The SMILES string of the molecule is O=C(O)CC(NC(=O)NC1CCC1)C1CC1. The Kier molecular flexibility index (Phi) is 3.31. The van der Waals surface area contributed by atoms with Gasteiger partial charge in [-0.05, 0) is 38.0 Å². The molecule has 3 N–H and O–H groups in total. The molecule has 2 aliphatic rings. The van der Waals surface area contributed by atoms with E-state index in [1.807, 2.05) is 0 Å². The van der Waals surface area contributed by atoms with E-state index in [0.29, 0.717) is 12.0 Å². The van der Waals surface area contributed by atoms with Gasteiger partial charge in [-0.1, -0.05) is 0 Å². The van der Waals surface area contributed by atoms with E-state index in [1.165, 1.54) is 6.42 Å². The molecule has 0 saturated heterocycles. The minimum Gasteiger partial charge on any atom is -0.481 e. The highest BCUT2D eigenvalue weighted by Gasteiger charge is 2.34. The number of nitrogens with one attached hydrogen (secondary N) is 2. The Labute approximate surface area is 94.6 Å². The fourth-order valence-corrected chi connectivity index (χ4v) is 1.97. The van der Waals surface area contributed by atoms with Crippen LogP contribution in [0.2, 0.25) is 0 Å². The summed E-state index contributed by atoms with van der Waals surface area (Å²) in [7, 11) is 0. The molecule has 2 amide bonds. The van der Waals surface area contributed by atoms with Gasteiger partial charge < -0.3 is 15.7 Å². The second-order valence-electron chi connectivity index (χ2n) is 4.79. The molecule has 2 aliphatic carbocycles. The van der Waals surface area contributed by atoms with E-state index in [4.69, 9.17) is 5.11 Å². The lowest BCUT2D eigenvalue weighted by Gasteiger charge is -2.27. The molecule has 90 valence electrons. The third kappa shape index (κ3) is 3.12. The maximum Gasteiger partial charge on any atom is 0.315 e. The Balaban J connectivity index is 1.74. The fraction of sp³-hybridized carbons (Fsp3) is 0.818. The molecule has 2 rings (SSSR count). The summed E-state index contributed by atoms with van der Waals surface area (Å²) in [6, 6.07) is -0.106. The predicted octanol–water partition coefficient (Wildman–Crippen LogP) is 1.09. The van der Waals surface area contributed by atoms with E-state index >= 15 is 0 Å². The van der Waals surface area contributed by atoms with Crippen LogP contribution in [0.4, 0.5) is 4.79 Å². The molecule has 2 saturated carbocycles. The molecule has 0 aromatic rings. The van der Waals surface area contributed by atoms with Crippen molar-refractivity contribution in [2.45, 2.75) is 50.6 Å². The number of hydrogen-bond acceptors (Lipinski definition) is 2. The van der Waals surface area contributed by atoms with E-state index in [-0.39, 0.29) is 18.5 Å². The molecule has 0 bridgehead atoms. The zero-order valence-corrected chi connectivity index (χ0v) is 9.24. The molecule has 0 radical (unpaired) electrons. The Morgan fingerprint density at radius 2 is 1.94 bits per heavy atom. The quantitative estimate of drug-likeness (QED) is 0.656. The predicted molar refractivity (Wildman–Crippen MR) is 58.1 cm³/mol. The van der Waals surface area contributed by atoms with Gasteiger partial charge in [0.2, 0.25) is 0 Å². The van der Waals surface area contributed by atoms with Crippen LogP contribution in [0.5, 0.6) is 0 Å². The van der Waals surface area contributed by atoms with E-state index in [2.05, 4.69) is 10.6 Å². The lowest BCUT2D eigenvalue weighted by Crippen LogP contribution is -2.49. The van der Waals surface area contributed by atoms with Crippen LogP contribution in [0, 0.1) is 5.92 Å². The summed E-state index contributed by atoms with van der Waals surface area (Å²) in [5.41, 5.74) is 0. The summed E-state index contributed by atoms with van der Waals surface area (Å²) in [4.78, 5) is 22.2. The molecule has 0 aliphatic heterocycles. The van der Waals surface area contributed by atoms with Crippen molar-refractivity contribution >= 4 is 12.0 Å². The minimum atomic E-state index is -0.846. The van der Waals surface area contributed by atoms with Crippen molar-refractivity contribution in [3.05, 3.63) is 0 Å².